The van der Waals surface area contributed by atoms with E-state index in [2.05, 4.69) is 32.7 Å². The number of nitrogens with one attached hydrogen (secondary N) is 1. The van der Waals surface area contributed by atoms with Crippen LogP contribution in [0.2, 0.25) is 0 Å². The lowest BCUT2D eigenvalue weighted by atomic mass is 10.0. The summed E-state index contributed by atoms with van der Waals surface area (Å²) in [5.41, 5.74) is 5.07. The van der Waals surface area contributed by atoms with Crippen LogP contribution in [0.4, 0.5) is 5.69 Å². The molecule has 0 saturated carbocycles. The highest BCUT2D eigenvalue weighted by Gasteiger charge is 2.17. The van der Waals surface area contributed by atoms with Crippen LogP contribution in [-0.4, -0.2) is 50.0 Å². The fourth-order valence-electron chi connectivity index (χ4n) is 3.44. The topological polar surface area (TPSA) is 68.0 Å². The third-order valence-electron chi connectivity index (χ3n) is 4.92. The van der Waals surface area contributed by atoms with Crippen molar-refractivity contribution in [1.82, 2.24) is 24.5 Å². The molecule has 0 fully saturated rings. The smallest absolute Gasteiger partial charge is 0.238 e. The minimum absolute atomic E-state index is 0.00940. The average Bonchev–Trinajstić information content (AvgIpc) is 3.30. The second-order valence-corrected chi connectivity index (χ2v) is 7.07. The van der Waals surface area contributed by atoms with E-state index in [1.54, 1.807) is 4.68 Å². The van der Waals surface area contributed by atoms with Crippen molar-refractivity contribution < 1.29 is 4.79 Å². The Labute approximate surface area is 164 Å². The highest BCUT2D eigenvalue weighted by molar-refractivity contribution is 5.92. The Bertz CT molecular complexity index is 1000. The highest BCUT2D eigenvalue weighted by Crippen LogP contribution is 2.23. The number of benzene rings is 1. The summed E-state index contributed by atoms with van der Waals surface area (Å²) < 4.78 is 3.60. The van der Waals surface area contributed by atoms with Crippen LogP contribution < -0.4 is 5.32 Å². The molecule has 0 spiro atoms. The summed E-state index contributed by atoms with van der Waals surface area (Å²) in [4.78, 5) is 14.5. The molecule has 1 aliphatic rings. The fraction of sp³-hybridized carbons (Fsp3) is 0.286. The van der Waals surface area contributed by atoms with Crippen LogP contribution in [-0.2, 0) is 11.8 Å². The Morgan fingerprint density at radius 2 is 2.04 bits per heavy atom. The van der Waals surface area contributed by atoms with Crippen LogP contribution in [0.15, 0.2) is 55.0 Å². The van der Waals surface area contributed by atoms with Crippen molar-refractivity contribution in [1.29, 1.82) is 0 Å². The molecular formula is C21H24N6O. The second kappa shape index (κ2) is 7.82. The number of aryl methyl sites for hydroxylation is 2. The van der Waals surface area contributed by atoms with Crippen molar-refractivity contribution >= 4 is 17.2 Å². The predicted molar refractivity (Wildman–Crippen MR) is 109 cm³/mol. The van der Waals surface area contributed by atoms with Gasteiger partial charge in [-0.15, -0.1) is 0 Å². The summed E-state index contributed by atoms with van der Waals surface area (Å²) in [6.07, 6.45) is 8.89. The first-order chi connectivity index (χ1) is 13.6. The van der Waals surface area contributed by atoms with E-state index >= 15 is 0 Å². The van der Waals surface area contributed by atoms with Gasteiger partial charge >= 0.3 is 0 Å². The van der Waals surface area contributed by atoms with Gasteiger partial charge < -0.3 is 5.32 Å². The molecule has 0 unspecified atom stereocenters. The molecule has 0 atom stereocenters. The van der Waals surface area contributed by atoms with Crippen molar-refractivity contribution in [2.24, 2.45) is 7.05 Å². The summed E-state index contributed by atoms with van der Waals surface area (Å²) >= 11 is 0. The number of anilines is 1. The Morgan fingerprint density at radius 1 is 1.21 bits per heavy atom. The van der Waals surface area contributed by atoms with E-state index in [1.165, 1.54) is 5.57 Å². The van der Waals surface area contributed by atoms with Crippen LogP contribution in [0.3, 0.4) is 0 Å². The summed E-state index contributed by atoms with van der Waals surface area (Å²) in [6.45, 7) is 3.87. The van der Waals surface area contributed by atoms with E-state index in [0.29, 0.717) is 6.54 Å². The molecule has 2 aromatic heterocycles. The van der Waals surface area contributed by atoms with Gasteiger partial charge in [-0.3, -0.25) is 14.4 Å². The number of hydrogen-bond acceptors (Lipinski definition) is 4. The first-order valence-corrected chi connectivity index (χ1v) is 9.40. The number of carbonyl (C=O) groups is 1. The molecule has 3 aromatic rings. The first-order valence-electron chi connectivity index (χ1n) is 9.40. The van der Waals surface area contributed by atoms with Gasteiger partial charge in [0.1, 0.15) is 0 Å². The average molecular weight is 376 g/mol. The third kappa shape index (κ3) is 4.04. The van der Waals surface area contributed by atoms with E-state index in [9.17, 15) is 4.79 Å². The summed E-state index contributed by atoms with van der Waals surface area (Å²) in [6, 6.07) is 10.1. The molecule has 1 aliphatic heterocycles. The van der Waals surface area contributed by atoms with Crippen molar-refractivity contribution in [2.75, 3.05) is 25.0 Å². The molecule has 0 bridgehead atoms. The molecule has 1 aromatic carbocycles. The third-order valence-corrected chi connectivity index (χ3v) is 4.92. The lowest BCUT2D eigenvalue weighted by Gasteiger charge is -2.25. The van der Waals surface area contributed by atoms with Gasteiger partial charge in [0.15, 0.2) is 0 Å². The van der Waals surface area contributed by atoms with Crippen LogP contribution in [0.1, 0.15) is 17.7 Å². The normalized spacial score (nSPS) is 14.7. The van der Waals surface area contributed by atoms with Crippen molar-refractivity contribution in [3.05, 3.63) is 66.3 Å². The van der Waals surface area contributed by atoms with Crippen molar-refractivity contribution in [3.8, 4) is 5.69 Å². The van der Waals surface area contributed by atoms with Crippen LogP contribution >= 0.6 is 0 Å². The van der Waals surface area contributed by atoms with Crippen molar-refractivity contribution in [2.45, 2.75) is 13.3 Å². The molecular weight excluding hydrogens is 352 g/mol. The Balaban J connectivity index is 1.35. The molecule has 3 heterocycles. The molecule has 7 nitrogen and oxygen atoms in total. The van der Waals surface area contributed by atoms with Crippen LogP contribution in [0.5, 0.6) is 0 Å². The Hall–Kier alpha value is -3.19. The maximum Gasteiger partial charge on any atom is 0.238 e. The van der Waals surface area contributed by atoms with Gasteiger partial charge in [0.05, 0.1) is 29.8 Å². The van der Waals surface area contributed by atoms with Crippen molar-refractivity contribution in [3.63, 3.8) is 0 Å². The molecule has 144 valence electrons. The van der Waals surface area contributed by atoms with E-state index in [1.807, 2.05) is 61.4 Å². The Kier molecular flexibility index (Phi) is 5.08. The SMILES string of the molecule is Cc1nn(C)cc1NC(=O)CN1CC=C(c2cnn(-c3ccccc3)c2)CC1. The summed E-state index contributed by atoms with van der Waals surface area (Å²) in [5, 5.41) is 11.7. The second-order valence-electron chi connectivity index (χ2n) is 7.07. The van der Waals surface area contributed by atoms with Gasteiger partial charge in [-0.05, 0) is 31.1 Å². The molecule has 28 heavy (non-hydrogen) atoms. The number of amides is 1. The number of rotatable bonds is 5. The molecule has 4 rings (SSSR count). The molecule has 0 aliphatic carbocycles. The van der Waals surface area contributed by atoms with Gasteiger partial charge in [-0.1, -0.05) is 24.3 Å². The lowest BCUT2D eigenvalue weighted by molar-refractivity contribution is -0.117. The Morgan fingerprint density at radius 3 is 2.71 bits per heavy atom. The van der Waals surface area contributed by atoms with E-state index in [0.717, 1.165) is 42.1 Å². The van der Waals surface area contributed by atoms with Gasteiger partial charge in [0.2, 0.25) is 5.91 Å². The maximum atomic E-state index is 12.3. The predicted octanol–water partition coefficient (Wildman–Crippen LogP) is 2.64. The van der Waals surface area contributed by atoms with Gasteiger partial charge in [0.25, 0.3) is 0 Å². The quantitative estimate of drug-likeness (QED) is 0.743. The highest BCUT2D eigenvalue weighted by atomic mass is 16.2. The zero-order valence-corrected chi connectivity index (χ0v) is 16.2. The van der Waals surface area contributed by atoms with Crippen LogP contribution in [0, 0.1) is 6.92 Å². The number of para-hydroxylation sites is 1. The minimum Gasteiger partial charge on any atom is -0.322 e. The molecule has 0 saturated heterocycles. The van der Waals surface area contributed by atoms with Gasteiger partial charge in [-0.25, -0.2) is 4.68 Å². The maximum absolute atomic E-state index is 12.3. The minimum atomic E-state index is -0.00940. The van der Waals surface area contributed by atoms with Gasteiger partial charge in [0, 0.05) is 38.1 Å². The molecule has 7 heteroatoms. The van der Waals surface area contributed by atoms with Gasteiger partial charge in [-0.2, -0.15) is 10.2 Å². The number of hydrogen-bond donors (Lipinski definition) is 1. The first kappa shape index (κ1) is 18.2. The zero-order chi connectivity index (χ0) is 19.5. The molecule has 1 amide bonds. The van der Waals surface area contributed by atoms with Crippen LogP contribution in [0.25, 0.3) is 11.3 Å². The summed E-state index contributed by atoms with van der Waals surface area (Å²) in [7, 11) is 1.85. The fourth-order valence-corrected chi connectivity index (χ4v) is 3.44. The zero-order valence-electron chi connectivity index (χ0n) is 16.2. The monoisotopic (exact) mass is 376 g/mol. The lowest BCUT2D eigenvalue weighted by Crippen LogP contribution is -2.36. The molecule has 0 radical (unpaired) electrons. The van der Waals surface area contributed by atoms with E-state index in [-0.39, 0.29) is 5.91 Å². The number of nitrogens with zero attached hydrogens (tertiary/aromatic N) is 5. The number of aromatic nitrogens is 4. The summed E-state index contributed by atoms with van der Waals surface area (Å²) in [5.74, 6) is -0.00940. The molecule has 1 N–H and O–H groups in total. The standard InChI is InChI=1S/C21H24N6O/c1-16-20(14-25(2)24-16)23-21(28)15-26-10-8-17(9-11-26)18-12-22-27(13-18)19-6-4-3-5-7-19/h3-8,12-14H,9-11,15H2,1-2H3,(H,23,28). The van der Waals surface area contributed by atoms with E-state index < -0.39 is 0 Å². The number of carbonyl (C=O) groups excluding carboxylic acids is 1. The largest absolute Gasteiger partial charge is 0.322 e. The van der Waals surface area contributed by atoms with E-state index in [4.69, 9.17) is 0 Å².